The summed E-state index contributed by atoms with van der Waals surface area (Å²) in [7, 11) is 1.99. The van der Waals surface area contributed by atoms with Gasteiger partial charge in [0.1, 0.15) is 5.76 Å². The van der Waals surface area contributed by atoms with Crippen LogP contribution in [0.5, 0.6) is 0 Å². The number of unbranched alkanes of at least 4 members (excludes halogenated alkanes) is 6. The van der Waals surface area contributed by atoms with Crippen LogP contribution in [0.3, 0.4) is 0 Å². The van der Waals surface area contributed by atoms with Gasteiger partial charge in [0, 0.05) is 32.9 Å². The molecule has 0 spiro atoms. The Morgan fingerprint density at radius 1 is 1.03 bits per heavy atom. The maximum atomic E-state index is 10.8. The highest BCUT2D eigenvalue weighted by atomic mass is 16.7. The van der Waals surface area contributed by atoms with Crippen molar-refractivity contribution in [2.24, 2.45) is 4.99 Å². The number of aliphatic hydroxyl groups excluding tert-OH is 2. The smallest absolute Gasteiger partial charge is 0.209 e. The third-order valence-corrected chi connectivity index (χ3v) is 5.79. The van der Waals surface area contributed by atoms with E-state index < -0.39 is 6.23 Å². The van der Waals surface area contributed by atoms with Crippen molar-refractivity contribution in [2.45, 2.75) is 111 Å². The number of rotatable bonds is 20. The van der Waals surface area contributed by atoms with Crippen LogP contribution in [0.4, 0.5) is 0 Å². The molecular formula is C32H59N3O4. The van der Waals surface area contributed by atoms with E-state index in [0.717, 1.165) is 96.9 Å². The molecule has 7 nitrogen and oxygen atoms in total. The topological polar surface area (TPSA) is 85.6 Å². The van der Waals surface area contributed by atoms with Gasteiger partial charge in [0.15, 0.2) is 6.23 Å². The molecule has 0 saturated heterocycles. The van der Waals surface area contributed by atoms with Gasteiger partial charge in [0.2, 0.25) is 6.41 Å². The second-order valence-electron chi connectivity index (χ2n) is 9.27. The lowest BCUT2D eigenvalue weighted by molar-refractivity contribution is -0.139. The van der Waals surface area contributed by atoms with Crippen molar-refractivity contribution in [3.63, 3.8) is 0 Å². The summed E-state index contributed by atoms with van der Waals surface area (Å²) >= 11 is 0. The minimum Gasteiger partial charge on any atom is -0.508 e. The van der Waals surface area contributed by atoms with Gasteiger partial charge in [-0.3, -0.25) is 14.6 Å². The summed E-state index contributed by atoms with van der Waals surface area (Å²) < 4.78 is 0. The Hall–Kier alpha value is -2.22. The molecule has 1 aliphatic rings. The number of nitrogens with zero attached hydrogens (tertiary/aromatic N) is 3. The lowest BCUT2D eigenvalue weighted by Crippen LogP contribution is -2.24. The summed E-state index contributed by atoms with van der Waals surface area (Å²) in [5, 5.41) is 20.4. The van der Waals surface area contributed by atoms with Crippen LogP contribution in [-0.2, 0) is 9.63 Å². The lowest BCUT2D eigenvalue weighted by atomic mass is 10.1. The largest absolute Gasteiger partial charge is 0.508 e. The third kappa shape index (κ3) is 27.1. The van der Waals surface area contributed by atoms with Gasteiger partial charge in [-0.15, -0.1) is 0 Å². The summed E-state index contributed by atoms with van der Waals surface area (Å²) in [6.45, 7) is 13.6. The second-order valence-corrected chi connectivity index (χ2v) is 9.27. The predicted octanol–water partition coefficient (Wildman–Crippen LogP) is 7.56. The summed E-state index contributed by atoms with van der Waals surface area (Å²) in [6.07, 6.45) is 25.0. The number of aliphatic hydroxyl groups is 2. The molecule has 7 heteroatoms. The Labute approximate surface area is 240 Å². The Balaban J connectivity index is 0. The highest BCUT2D eigenvalue weighted by Crippen LogP contribution is 2.11. The molecule has 0 aromatic heterocycles. The minimum absolute atomic E-state index is 0.321. The Kier molecular flexibility index (Phi) is 30.3. The van der Waals surface area contributed by atoms with Crippen LogP contribution >= 0.6 is 0 Å². The second kappa shape index (κ2) is 30.3. The van der Waals surface area contributed by atoms with Crippen LogP contribution < -0.4 is 0 Å². The Morgan fingerprint density at radius 3 is 2.38 bits per heavy atom. The van der Waals surface area contributed by atoms with Crippen LogP contribution in [0.25, 0.3) is 0 Å². The third-order valence-electron chi connectivity index (χ3n) is 5.79. The van der Waals surface area contributed by atoms with Gasteiger partial charge in [-0.1, -0.05) is 65.2 Å². The maximum Gasteiger partial charge on any atom is 0.209 e. The first-order chi connectivity index (χ1) is 19.0. The fourth-order valence-corrected chi connectivity index (χ4v) is 3.48. The van der Waals surface area contributed by atoms with Crippen LogP contribution in [0, 0.1) is 0 Å². The Bertz CT molecular complexity index is 702. The summed E-state index contributed by atoms with van der Waals surface area (Å²) in [6, 6.07) is 0. The first-order valence-corrected chi connectivity index (χ1v) is 15.1. The van der Waals surface area contributed by atoms with Gasteiger partial charge >= 0.3 is 0 Å². The molecule has 1 unspecified atom stereocenters. The van der Waals surface area contributed by atoms with Crippen molar-refractivity contribution < 1.29 is 19.8 Å². The quantitative estimate of drug-likeness (QED) is 0.0538. The van der Waals surface area contributed by atoms with E-state index in [1.165, 1.54) is 12.0 Å². The molecule has 2 N–H and O–H groups in total. The highest BCUT2D eigenvalue weighted by Gasteiger charge is 2.02. The van der Waals surface area contributed by atoms with E-state index in [1.807, 2.05) is 56.0 Å². The van der Waals surface area contributed by atoms with Crippen LogP contribution in [0.2, 0.25) is 0 Å². The standard InChI is InChI=1S/C15H26N2O2.C15H27NO2.C2H6/c1-3-12-19-17(2)11-6-4-5-8-14-9-7-10-15(18)16-13-14;1-3-5-12-16(14-17)13-10-8-6-7-9-11-15(18)4-2;1-2/h7,9-10,13,15,18H,3-6,8,11-12H2,1-2H3;4,9,11,14,18H,3,5-8,10,12-13H2,1-2H3;1-2H3/b;11-9-,15-4+;. The van der Waals surface area contributed by atoms with Gasteiger partial charge in [-0.2, -0.15) is 5.06 Å². The molecular weight excluding hydrogens is 490 g/mol. The van der Waals surface area contributed by atoms with Crippen molar-refractivity contribution in [1.82, 2.24) is 9.96 Å². The highest BCUT2D eigenvalue weighted by molar-refractivity contribution is 5.79. The fraction of sp³-hybridized carbons (Fsp3) is 0.688. The first kappa shape index (κ1) is 38.9. The van der Waals surface area contributed by atoms with Gasteiger partial charge in [-0.05, 0) is 82.1 Å². The molecule has 1 amide bonds. The zero-order valence-corrected chi connectivity index (χ0v) is 25.9. The number of hydrogen-bond donors (Lipinski definition) is 2. The van der Waals surface area contributed by atoms with Gasteiger partial charge in [-0.25, -0.2) is 0 Å². The molecule has 1 aliphatic heterocycles. The molecule has 39 heavy (non-hydrogen) atoms. The van der Waals surface area contributed by atoms with Crippen LogP contribution in [0.1, 0.15) is 105 Å². The summed E-state index contributed by atoms with van der Waals surface area (Å²) in [4.78, 5) is 22.1. The molecule has 0 fully saturated rings. The molecule has 0 aromatic carbocycles. The predicted molar refractivity (Wildman–Crippen MR) is 167 cm³/mol. The van der Waals surface area contributed by atoms with Crippen molar-refractivity contribution >= 4 is 12.6 Å². The summed E-state index contributed by atoms with van der Waals surface area (Å²) in [5.41, 5.74) is 1.18. The van der Waals surface area contributed by atoms with Crippen molar-refractivity contribution in [3.8, 4) is 0 Å². The normalized spacial score (nSPS) is 14.8. The number of aliphatic imine (C=N–C) groups is 1. The van der Waals surface area contributed by atoms with Gasteiger partial charge in [0.25, 0.3) is 0 Å². The van der Waals surface area contributed by atoms with Crippen LogP contribution in [-0.4, -0.2) is 72.3 Å². The molecule has 0 saturated carbocycles. The van der Waals surface area contributed by atoms with E-state index >= 15 is 0 Å². The van der Waals surface area contributed by atoms with Crippen LogP contribution in [0.15, 0.2) is 52.8 Å². The maximum absolute atomic E-state index is 10.8. The van der Waals surface area contributed by atoms with Crippen molar-refractivity contribution in [3.05, 3.63) is 47.8 Å². The molecule has 1 heterocycles. The minimum atomic E-state index is -0.682. The van der Waals surface area contributed by atoms with Crippen molar-refractivity contribution in [2.75, 3.05) is 33.3 Å². The zero-order chi connectivity index (χ0) is 29.6. The zero-order valence-electron chi connectivity index (χ0n) is 25.9. The molecule has 0 bridgehead atoms. The molecule has 0 radical (unpaired) electrons. The number of hydrogen-bond acceptors (Lipinski definition) is 6. The van der Waals surface area contributed by atoms with Gasteiger partial charge < -0.3 is 15.1 Å². The van der Waals surface area contributed by atoms with Crippen molar-refractivity contribution in [1.29, 1.82) is 0 Å². The first-order valence-electron chi connectivity index (χ1n) is 15.1. The number of allylic oxidation sites excluding steroid dienone is 6. The van der Waals surface area contributed by atoms with E-state index in [2.05, 4.69) is 18.8 Å². The summed E-state index contributed by atoms with van der Waals surface area (Å²) in [5.74, 6) is 0.321. The van der Waals surface area contributed by atoms with E-state index in [-0.39, 0.29) is 0 Å². The molecule has 0 aromatic rings. The number of carbonyl (C=O) groups excluding carboxylic acids is 1. The Morgan fingerprint density at radius 2 is 1.72 bits per heavy atom. The van der Waals surface area contributed by atoms with E-state index in [1.54, 1.807) is 24.4 Å². The average molecular weight is 550 g/mol. The average Bonchev–Trinajstić information content (AvgIpc) is 3.17. The van der Waals surface area contributed by atoms with E-state index in [4.69, 9.17) is 4.84 Å². The fourth-order valence-electron chi connectivity index (χ4n) is 3.48. The number of hydroxylamine groups is 2. The molecule has 226 valence electrons. The molecule has 0 aliphatic carbocycles. The number of amides is 1. The van der Waals surface area contributed by atoms with Gasteiger partial charge in [0.05, 0.1) is 6.61 Å². The lowest BCUT2D eigenvalue weighted by Gasteiger charge is -2.16. The van der Waals surface area contributed by atoms with E-state index in [0.29, 0.717) is 5.76 Å². The monoisotopic (exact) mass is 549 g/mol. The molecule has 1 rings (SSSR count). The molecule has 1 atom stereocenters. The SMILES string of the molecule is C/C=C(O)\C=C/CCCCCN(C=O)CCCC.CC.CCCON(C)CCCCCC1=CC=CC(O)N=C1. The number of carbonyl (C=O) groups is 1. The van der Waals surface area contributed by atoms with E-state index in [9.17, 15) is 15.0 Å².